The van der Waals surface area contributed by atoms with Crippen LogP contribution in [0.1, 0.15) is 24.4 Å². The number of pyridine rings is 1. The quantitative estimate of drug-likeness (QED) is 0.630. The van der Waals surface area contributed by atoms with Crippen LogP contribution in [0.5, 0.6) is 0 Å². The van der Waals surface area contributed by atoms with Crippen LogP contribution in [0.15, 0.2) is 41.9 Å². The molecular formula is C15H16N8OS. The Bertz CT molecular complexity index is 858. The van der Waals surface area contributed by atoms with Gasteiger partial charge in [0.15, 0.2) is 5.82 Å². The summed E-state index contributed by atoms with van der Waals surface area (Å²) < 4.78 is 3.48. The minimum atomic E-state index is -0.0622. The van der Waals surface area contributed by atoms with Gasteiger partial charge in [0.1, 0.15) is 0 Å². The van der Waals surface area contributed by atoms with Gasteiger partial charge in [-0.3, -0.25) is 4.79 Å². The zero-order chi connectivity index (χ0) is 17.1. The Balaban J connectivity index is 1.30. The predicted octanol–water partition coefficient (Wildman–Crippen LogP) is 0.997. The summed E-state index contributed by atoms with van der Waals surface area (Å²) in [7, 11) is 0. The van der Waals surface area contributed by atoms with Gasteiger partial charge in [0.2, 0.25) is 11.1 Å². The average Bonchev–Trinajstić information content (AvgIpc) is 3.13. The average molecular weight is 356 g/mol. The van der Waals surface area contributed by atoms with E-state index in [4.69, 9.17) is 0 Å². The summed E-state index contributed by atoms with van der Waals surface area (Å²) in [6.07, 6.45) is 7.43. The molecule has 3 heterocycles. The van der Waals surface area contributed by atoms with Crippen LogP contribution in [0, 0.1) is 0 Å². The fraction of sp³-hybridized carbons (Fsp3) is 0.333. The molecule has 0 bridgehead atoms. The van der Waals surface area contributed by atoms with Gasteiger partial charge in [-0.05, 0) is 47.0 Å². The third-order valence-corrected chi connectivity index (χ3v) is 4.66. The summed E-state index contributed by atoms with van der Waals surface area (Å²) >= 11 is 1.35. The SMILES string of the molecule is O=C(CSc1nnnn1C1CC1)NCc1ccnc(-n2cccn2)c1. The largest absolute Gasteiger partial charge is 0.351 e. The van der Waals surface area contributed by atoms with Crippen LogP contribution in [0.25, 0.3) is 5.82 Å². The van der Waals surface area contributed by atoms with Crippen molar-refractivity contribution >= 4 is 17.7 Å². The molecule has 1 saturated carbocycles. The lowest BCUT2D eigenvalue weighted by atomic mass is 10.2. The number of nitrogens with zero attached hydrogens (tertiary/aromatic N) is 7. The molecule has 0 aromatic carbocycles. The number of nitrogens with one attached hydrogen (secondary N) is 1. The highest BCUT2D eigenvalue weighted by atomic mass is 32.2. The second kappa shape index (κ2) is 7.01. The van der Waals surface area contributed by atoms with Crippen LogP contribution in [0.3, 0.4) is 0 Å². The first-order chi connectivity index (χ1) is 12.3. The van der Waals surface area contributed by atoms with E-state index in [-0.39, 0.29) is 11.7 Å². The molecule has 0 unspecified atom stereocenters. The minimum absolute atomic E-state index is 0.0622. The van der Waals surface area contributed by atoms with Crippen LogP contribution in [0.4, 0.5) is 0 Å². The Morgan fingerprint density at radius 1 is 1.36 bits per heavy atom. The number of carbonyl (C=O) groups is 1. The number of rotatable bonds is 7. The third kappa shape index (κ3) is 3.85. The number of carbonyl (C=O) groups excluding carboxylic acids is 1. The van der Waals surface area contributed by atoms with E-state index in [1.807, 2.05) is 24.4 Å². The van der Waals surface area contributed by atoms with Gasteiger partial charge < -0.3 is 5.32 Å². The van der Waals surface area contributed by atoms with Crippen molar-refractivity contribution in [2.24, 2.45) is 0 Å². The molecule has 1 fully saturated rings. The Labute approximate surface area is 147 Å². The maximum Gasteiger partial charge on any atom is 0.230 e. The molecule has 3 aromatic rings. The topological polar surface area (TPSA) is 103 Å². The van der Waals surface area contributed by atoms with E-state index >= 15 is 0 Å². The second-order valence-corrected chi connectivity index (χ2v) is 6.62. The molecule has 128 valence electrons. The first-order valence-corrected chi connectivity index (χ1v) is 8.90. The Morgan fingerprint density at radius 2 is 2.28 bits per heavy atom. The van der Waals surface area contributed by atoms with Gasteiger partial charge in [0, 0.05) is 25.1 Å². The maximum absolute atomic E-state index is 12.1. The summed E-state index contributed by atoms with van der Waals surface area (Å²) in [5.74, 6) is 0.937. The molecule has 3 aromatic heterocycles. The number of amides is 1. The zero-order valence-corrected chi connectivity index (χ0v) is 14.1. The number of aromatic nitrogens is 7. The van der Waals surface area contributed by atoms with E-state index in [9.17, 15) is 4.79 Å². The van der Waals surface area contributed by atoms with Gasteiger partial charge in [0.05, 0.1) is 11.8 Å². The monoisotopic (exact) mass is 356 g/mol. The Kier molecular flexibility index (Phi) is 4.42. The fourth-order valence-electron chi connectivity index (χ4n) is 2.31. The van der Waals surface area contributed by atoms with E-state index in [1.165, 1.54) is 11.8 Å². The normalized spacial score (nSPS) is 13.8. The Morgan fingerprint density at radius 3 is 3.08 bits per heavy atom. The van der Waals surface area contributed by atoms with Gasteiger partial charge >= 0.3 is 0 Å². The lowest BCUT2D eigenvalue weighted by molar-refractivity contribution is -0.118. The number of hydrogen-bond donors (Lipinski definition) is 1. The zero-order valence-electron chi connectivity index (χ0n) is 13.3. The smallest absolute Gasteiger partial charge is 0.230 e. The lowest BCUT2D eigenvalue weighted by Gasteiger charge is -2.07. The van der Waals surface area contributed by atoms with Crippen molar-refractivity contribution in [3.8, 4) is 5.82 Å². The number of thioether (sulfide) groups is 1. The van der Waals surface area contributed by atoms with Gasteiger partial charge in [-0.1, -0.05) is 11.8 Å². The van der Waals surface area contributed by atoms with Crippen molar-refractivity contribution in [2.75, 3.05) is 5.75 Å². The van der Waals surface area contributed by atoms with Crippen molar-refractivity contribution in [3.05, 3.63) is 42.4 Å². The first-order valence-electron chi connectivity index (χ1n) is 7.92. The van der Waals surface area contributed by atoms with Crippen molar-refractivity contribution in [1.29, 1.82) is 0 Å². The highest BCUT2D eigenvalue weighted by Crippen LogP contribution is 2.36. The molecule has 1 amide bonds. The maximum atomic E-state index is 12.1. The van der Waals surface area contributed by atoms with Crippen molar-refractivity contribution in [3.63, 3.8) is 0 Å². The molecule has 0 aliphatic heterocycles. The molecule has 0 atom stereocenters. The predicted molar refractivity (Wildman–Crippen MR) is 90.0 cm³/mol. The van der Waals surface area contributed by atoms with E-state index in [0.717, 1.165) is 24.2 Å². The van der Waals surface area contributed by atoms with E-state index in [0.29, 0.717) is 17.7 Å². The van der Waals surface area contributed by atoms with E-state index < -0.39 is 0 Å². The molecule has 0 spiro atoms. The molecule has 0 radical (unpaired) electrons. The number of hydrogen-bond acceptors (Lipinski definition) is 7. The van der Waals surface area contributed by atoms with Crippen LogP contribution in [-0.4, -0.2) is 46.6 Å². The Hall–Kier alpha value is -2.75. The molecule has 1 aliphatic rings. The van der Waals surface area contributed by atoms with Crippen molar-refractivity contribution in [2.45, 2.75) is 30.6 Å². The molecule has 0 saturated heterocycles. The summed E-state index contributed by atoms with van der Waals surface area (Å²) in [6, 6.07) is 6.00. The molecule has 1 N–H and O–H groups in total. The minimum Gasteiger partial charge on any atom is -0.351 e. The molecule has 1 aliphatic carbocycles. The first kappa shape index (κ1) is 15.8. The highest BCUT2D eigenvalue weighted by Gasteiger charge is 2.28. The fourth-order valence-corrected chi connectivity index (χ4v) is 3.09. The van der Waals surface area contributed by atoms with Gasteiger partial charge in [-0.2, -0.15) is 5.10 Å². The van der Waals surface area contributed by atoms with Crippen LogP contribution < -0.4 is 5.32 Å². The third-order valence-electron chi connectivity index (χ3n) is 3.73. The summed E-state index contributed by atoms with van der Waals surface area (Å²) in [6.45, 7) is 0.434. The number of tetrazole rings is 1. The van der Waals surface area contributed by atoms with Crippen LogP contribution >= 0.6 is 11.8 Å². The van der Waals surface area contributed by atoms with Crippen LogP contribution in [-0.2, 0) is 11.3 Å². The molecule has 10 heteroatoms. The standard InChI is InChI=1S/C15H16N8OS/c24-14(10-25-15-19-20-21-23(15)12-2-3-12)17-9-11-4-6-16-13(8-11)22-7-1-5-18-22/h1,4-8,12H,2-3,9-10H2,(H,17,24). The van der Waals surface area contributed by atoms with E-state index in [1.54, 1.807) is 21.8 Å². The van der Waals surface area contributed by atoms with Gasteiger partial charge in [-0.15, -0.1) is 5.10 Å². The van der Waals surface area contributed by atoms with E-state index in [2.05, 4.69) is 30.9 Å². The van der Waals surface area contributed by atoms with Crippen molar-refractivity contribution in [1.82, 2.24) is 40.3 Å². The lowest BCUT2D eigenvalue weighted by Crippen LogP contribution is -2.24. The molecule has 25 heavy (non-hydrogen) atoms. The van der Waals surface area contributed by atoms with Gasteiger partial charge in [-0.25, -0.2) is 14.3 Å². The second-order valence-electron chi connectivity index (χ2n) is 5.68. The summed E-state index contributed by atoms with van der Waals surface area (Å²) in [4.78, 5) is 16.3. The highest BCUT2D eigenvalue weighted by molar-refractivity contribution is 7.99. The molecule has 9 nitrogen and oxygen atoms in total. The van der Waals surface area contributed by atoms with Crippen LogP contribution in [0.2, 0.25) is 0 Å². The van der Waals surface area contributed by atoms with Gasteiger partial charge in [0.25, 0.3) is 0 Å². The summed E-state index contributed by atoms with van der Waals surface area (Å²) in [5.41, 5.74) is 0.960. The molecular weight excluding hydrogens is 340 g/mol. The molecule has 4 rings (SSSR count). The summed E-state index contributed by atoms with van der Waals surface area (Å²) in [5, 5.41) is 19.4. The van der Waals surface area contributed by atoms with Crippen molar-refractivity contribution < 1.29 is 4.79 Å².